The molecule has 0 aliphatic rings. The number of aryl methyl sites for hydroxylation is 1. The Kier molecular flexibility index (Phi) is 8.22. The van der Waals surface area contributed by atoms with E-state index in [-0.39, 0.29) is 6.61 Å². The third-order valence-corrected chi connectivity index (χ3v) is 3.90. The molecule has 0 saturated heterocycles. The normalized spacial score (nSPS) is 11.4. The van der Waals surface area contributed by atoms with Gasteiger partial charge < -0.3 is 14.6 Å². The van der Waals surface area contributed by atoms with Crippen molar-refractivity contribution in [2.24, 2.45) is 0 Å². The highest BCUT2D eigenvalue weighted by Crippen LogP contribution is 2.27. The minimum absolute atomic E-state index is 0.00560. The van der Waals surface area contributed by atoms with Crippen LogP contribution in [0.4, 0.5) is 0 Å². The summed E-state index contributed by atoms with van der Waals surface area (Å²) >= 11 is 0. The summed E-state index contributed by atoms with van der Waals surface area (Å²) in [5.41, 5.74) is 4.23. The van der Waals surface area contributed by atoms with Crippen molar-refractivity contribution in [3.05, 3.63) is 82.2 Å². The molecular formula is C22H22N2O3. The molecule has 0 radical (unpaired) electrons. The van der Waals surface area contributed by atoms with Crippen LogP contribution in [0.2, 0.25) is 0 Å². The second kappa shape index (κ2) is 10.9. The molecule has 1 N–H and O–H groups in total. The highest BCUT2D eigenvalue weighted by atomic mass is 16.5. The summed E-state index contributed by atoms with van der Waals surface area (Å²) in [6.07, 6.45) is 0. The molecule has 27 heavy (non-hydrogen) atoms. The fraction of sp³-hybridized carbons (Fsp3) is 0.273. The van der Waals surface area contributed by atoms with Gasteiger partial charge in [-0.25, -0.2) is 4.85 Å². The Balaban J connectivity index is 2.10. The topological polar surface area (TPSA) is 66.8 Å². The summed E-state index contributed by atoms with van der Waals surface area (Å²) < 4.78 is 10.6. The molecule has 0 heterocycles. The van der Waals surface area contributed by atoms with Crippen molar-refractivity contribution in [2.45, 2.75) is 13.5 Å². The fourth-order valence-corrected chi connectivity index (χ4v) is 2.47. The average Bonchev–Trinajstić information content (AvgIpc) is 2.70. The molecule has 2 rings (SSSR count). The predicted octanol–water partition coefficient (Wildman–Crippen LogP) is 3.83. The van der Waals surface area contributed by atoms with Crippen molar-refractivity contribution in [1.82, 2.24) is 0 Å². The van der Waals surface area contributed by atoms with Crippen LogP contribution in [0.3, 0.4) is 0 Å². The summed E-state index contributed by atoms with van der Waals surface area (Å²) in [6.45, 7) is 11.1. The van der Waals surface area contributed by atoms with Crippen LogP contribution in [0.5, 0.6) is 0 Å². The van der Waals surface area contributed by atoms with Crippen LogP contribution in [0, 0.1) is 24.8 Å². The molecule has 5 heteroatoms. The van der Waals surface area contributed by atoms with Crippen molar-refractivity contribution in [1.29, 1.82) is 5.26 Å². The minimum Gasteiger partial charge on any atom is -0.394 e. The van der Waals surface area contributed by atoms with Crippen LogP contribution in [0.25, 0.3) is 16.1 Å². The number of aliphatic hydroxyl groups is 1. The lowest BCUT2D eigenvalue weighted by atomic mass is 9.99. The lowest BCUT2D eigenvalue weighted by molar-refractivity contribution is 0.0274. The minimum atomic E-state index is 0.00560. The summed E-state index contributed by atoms with van der Waals surface area (Å²) in [5.74, 6) is 0. The molecule has 138 valence electrons. The molecule has 0 amide bonds. The zero-order valence-electron chi connectivity index (χ0n) is 15.3. The standard InChI is InChI=1S/C22H22N2O3/c1-17-3-7-19(8-4-17)21(15-23)22(24-2)20-9-5-18(6-10-20)16-27-14-13-26-12-11-25/h3-10,25H,11-14,16H2,1H3. The monoisotopic (exact) mass is 362 g/mol. The van der Waals surface area contributed by atoms with E-state index in [4.69, 9.17) is 21.2 Å². The lowest BCUT2D eigenvalue weighted by Gasteiger charge is -2.08. The Bertz CT molecular complexity index is 841. The Hall–Kier alpha value is -2.96. The molecule has 0 spiro atoms. The maximum absolute atomic E-state index is 9.57. The molecule has 0 aromatic heterocycles. The van der Waals surface area contributed by atoms with E-state index in [9.17, 15) is 5.26 Å². The Morgan fingerprint density at radius 3 is 2.22 bits per heavy atom. The lowest BCUT2D eigenvalue weighted by Crippen LogP contribution is -2.07. The highest BCUT2D eigenvalue weighted by molar-refractivity contribution is 5.99. The van der Waals surface area contributed by atoms with Gasteiger partial charge in [-0.2, -0.15) is 5.26 Å². The highest BCUT2D eigenvalue weighted by Gasteiger charge is 2.12. The molecular weight excluding hydrogens is 340 g/mol. The first-order chi connectivity index (χ1) is 13.2. The third-order valence-electron chi connectivity index (χ3n) is 3.90. The number of aliphatic hydroxyl groups excluding tert-OH is 1. The summed E-state index contributed by atoms with van der Waals surface area (Å²) in [6, 6.07) is 17.2. The van der Waals surface area contributed by atoms with E-state index in [2.05, 4.69) is 10.9 Å². The van der Waals surface area contributed by atoms with Crippen LogP contribution < -0.4 is 0 Å². The van der Waals surface area contributed by atoms with Gasteiger partial charge in [0.25, 0.3) is 0 Å². The summed E-state index contributed by atoms with van der Waals surface area (Å²) in [5, 5.41) is 18.2. The molecule has 0 fully saturated rings. The number of nitriles is 1. The van der Waals surface area contributed by atoms with Gasteiger partial charge >= 0.3 is 0 Å². The molecule has 2 aromatic carbocycles. The van der Waals surface area contributed by atoms with E-state index >= 15 is 0 Å². The fourth-order valence-electron chi connectivity index (χ4n) is 2.47. The number of nitrogens with zero attached hydrogens (tertiary/aromatic N) is 2. The van der Waals surface area contributed by atoms with Gasteiger partial charge in [-0.05, 0) is 23.6 Å². The van der Waals surface area contributed by atoms with Crippen molar-refractivity contribution >= 4 is 11.3 Å². The van der Waals surface area contributed by atoms with E-state index < -0.39 is 0 Å². The maximum atomic E-state index is 9.57. The van der Waals surface area contributed by atoms with E-state index in [1.54, 1.807) is 0 Å². The van der Waals surface area contributed by atoms with E-state index in [1.165, 1.54) is 0 Å². The van der Waals surface area contributed by atoms with Gasteiger partial charge in [0.2, 0.25) is 5.70 Å². The number of hydrogen-bond acceptors (Lipinski definition) is 4. The van der Waals surface area contributed by atoms with Gasteiger partial charge in [0, 0.05) is 0 Å². The van der Waals surface area contributed by atoms with E-state index in [0.717, 1.165) is 16.7 Å². The van der Waals surface area contributed by atoms with Gasteiger partial charge in [-0.15, -0.1) is 0 Å². The van der Waals surface area contributed by atoms with Crippen LogP contribution in [0.15, 0.2) is 48.5 Å². The Morgan fingerprint density at radius 1 is 1.00 bits per heavy atom. The van der Waals surface area contributed by atoms with Crippen molar-refractivity contribution in [3.8, 4) is 6.07 Å². The number of rotatable bonds is 9. The number of benzene rings is 2. The van der Waals surface area contributed by atoms with Gasteiger partial charge in [-0.3, -0.25) is 0 Å². The SMILES string of the molecule is [C-]#[N+]C(=C(C#N)c1ccc(C)cc1)c1ccc(COCCOCCO)cc1. The molecule has 0 bridgehead atoms. The second-order valence-corrected chi connectivity index (χ2v) is 5.90. The largest absolute Gasteiger partial charge is 0.394 e. The zero-order valence-corrected chi connectivity index (χ0v) is 15.3. The van der Waals surface area contributed by atoms with E-state index in [0.29, 0.717) is 43.3 Å². The van der Waals surface area contributed by atoms with Gasteiger partial charge in [0.1, 0.15) is 0 Å². The molecule has 0 aliphatic carbocycles. The third kappa shape index (κ3) is 6.06. The molecule has 0 saturated carbocycles. The predicted molar refractivity (Wildman–Crippen MR) is 104 cm³/mol. The molecule has 0 atom stereocenters. The number of hydrogen-bond donors (Lipinski definition) is 1. The molecule has 0 unspecified atom stereocenters. The summed E-state index contributed by atoms with van der Waals surface area (Å²) in [7, 11) is 0. The van der Waals surface area contributed by atoms with Gasteiger partial charge in [0.05, 0.1) is 51.2 Å². The van der Waals surface area contributed by atoms with Crippen LogP contribution >= 0.6 is 0 Å². The average molecular weight is 362 g/mol. The second-order valence-electron chi connectivity index (χ2n) is 5.90. The van der Waals surface area contributed by atoms with Gasteiger partial charge in [0.15, 0.2) is 0 Å². The maximum Gasteiger partial charge on any atom is 0.212 e. The number of allylic oxidation sites excluding steroid dienone is 1. The van der Waals surface area contributed by atoms with Crippen molar-refractivity contribution in [2.75, 3.05) is 26.4 Å². The van der Waals surface area contributed by atoms with Crippen LogP contribution in [0.1, 0.15) is 22.3 Å². The zero-order chi connectivity index (χ0) is 19.5. The van der Waals surface area contributed by atoms with E-state index in [1.807, 2.05) is 55.5 Å². The quantitative estimate of drug-likeness (QED) is 0.319. The summed E-state index contributed by atoms with van der Waals surface area (Å²) in [4.78, 5) is 3.60. The smallest absolute Gasteiger partial charge is 0.212 e. The van der Waals surface area contributed by atoms with Crippen LogP contribution in [-0.2, 0) is 16.1 Å². The first-order valence-electron chi connectivity index (χ1n) is 8.64. The van der Waals surface area contributed by atoms with Gasteiger partial charge in [-0.1, -0.05) is 54.1 Å². The van der Waals surface area contributed by atoms with Crippen LogP contribution in [-0.4, -0.2) is 31.5 Å². The number of ether oxygens (including phenoxy) is 2. The molecule has 2 aromatic rings. The molecule has 5 nitrogen and oxygen atoms in total. The Labute approximate surface area is 159 Å². The van der Waals surface area contributed by atoms with Crippen molar-refractivity contribution in [3.63, 3.8) is 0 Å². The molecule has 0 aliphatic heterocycles. The first kappa shape index (κ1) is 20.4. The Morgan fingerprint density at radius 2 is 1.63 bits per heavy atom. The van der Waals surface area contributed by atoms with Crippen molar-refractivity contribution < 1.29 is 14.6 Å². The first-order valence-corrected chi connectivity index (χ1v) is 8.64.